The number of nitrogens with zero attached hydrogens (tertiary/aromatic N) is 2. The quantitative estimate of drug-likeness (QED) is 0.138. The molecule has 2 nitrogen and oxygen atoms in total. The van der Waals surface area contributed by atoms with Crippen molar-refractivity contribution in [3.05, 3.63) is 267 Å². The van der Waals surface area contributed by atoms with E-state index < -0.39 is 0 Å². The summed E-state index contributed by atoms with van der Waals surface area (Å²) in [5.74, 6) is 0. The Morgan fingerprint density at radius 1 is 0.250 bits per heavy atom. The molecule has 0 saturated heterocycles. The van der Waals surface area contributed by atoms with E-state index >= 15 is 0 Å². The Balaban J connectivity index is 0.932. The van der Waals surface area contributed by atoms with Crippen LogP contribution in [-0.2, 0) is 0 Å². The SMILES string of the molecule is c1ccc(-n2c3ccccc3c3cc(-c4ccccc4N(c4ccc(-c5cccc(-c6ccc7ccccc7c6)c5)cc4)c4ccc(-c5cccc6c5ccc5ccccc56)cc4)ccc32)cc1. The second-order valence-corrected chi connectivity index (χ2v) is 17.7. The van der Waals surface area contributed by atoms with E-state index in [1.807, 2.05) is 0 Å². The number of rotatable bonds is 8. The summed E-state index contributed by atoms with van der Waals surface area (Å²) in [6, 6.07) is 97.5. The Bertz CT molecular complexity index is 4010. The summed E-state index contributed by atoms with van der Waals surface area (Å²) < 4.78 is 2.38. The van der Waals surface area contributed by atoms with Crippen LogP contribution in [0.4, 0.5) is 17.1 Å². The van der Waals surface area contributed by atoms with E-state index in [1.165, 1.54) is 87.5 Å². The van der Waals surface area contributed by atoms with E-state index in [0.29, 0.717) is 0 Å². The number of hydrogen-bond acceptors (Lipinski definition) is 1. The Kier molecular flexibility index (Phi) is 9.54. The van der Waals surface area contributed by atoms with E-state index in [1.54, 1.807) is 0 Å². The van der Waals surface area contributed by atoms with Crippen molar-refractivity contribution in [2.24, 2.45) is 0 Å². The Morgan fingerprint density at radius 3 is 1.63 bits per heavy atom. The van der Waals surface area contributed by atoms with Crippen LogP contribution in [0.25, 0.3) is 104 Å². The molecule has 68 heavy (non-hydrogen) atoms. The van der Waals surface area contributed by atoms with Gasteiger partial charge in [0.2, 0.25) is 0 Å². The number of benzene rings is 12. The predicted molar refractivity (Wildman–Crippen MR) is 290 cm³/mol. The molecule has 0 N–H and O–H groups in total. The van der Waals surface area contributed by atoms with Crippen molar-refractivity contribution >= 4 is 71.2 Å². The van der Waals surface area contributed by atoms with Gasteiger partial charge in [-0.05, 0) is 144 Å². The fraction of sp³-hybridized carbons (Fsp3) is 0. The monoisotopic (exact) mass is 864 g/mol. The van der Waals surface area contributed by atoms with Gasteiger partial charge < -0.3 is 9.47 Å². The summed E-state index contributed by atoms with van der Waals surface area (Å²) >= 11 is 0. The summed E-state index contributed by atoms with van der Waals surface area (Å²) in [6.45, 7) is 0. The maximum absolute atomic E-state index is 2.42. The molecule has 0 aliphatic carbocycles. The molecule has 1 aromatic heterocycles. The van der Waals surface area contributed by atoms with Crippen LogP contribution in [0.5, 0.6) is 0 Å². The highest BCUT2D eigenvalue weighted by Gasteiger charge is 2.20. The highest BCUT2D eigenvalue weighted by atomic mass is 15.1. The van der Waals surface area contributed by atoms with Gasteiger partial charge in [-0.25, -0.2) is 0 Å². The Labute approximate surface area is 395 Å². The van der Waals surface area contributed by atoms with Gasteiger partial charge in [-0.1, -0.05) is 194 Å². The molecule has 318 valence electrons. The zero-order valence-electron chi connectivity index (χ0n) is 37.3. The highest BCUT2D eigenvalue weighted by molar-refractivity contribution is 6.13. The van der Waals surface area contributed by atoms with Crippen LogP contribution in [0.1, 0.15) is 0 Å². The zero-order valence-corrected chi connectivity index (χ0v) is 37.3. The molecule has 0 radical (unpaired) electrons. The van der Waals surface area contributed by atoms with Crippen LogP contribution in [0.15, 0.2) is 267 Å². The van der Waals surface area contributed by atoms with Crippen molar-refractivity contribution in [3.63, 3.8) is 0 Å². The van der Waals surface area contributed by atoms with Crippen molar-refractivity contribution in [2.75, 3.05) is 4.90 Å². The Hall–Kier alpha value is -8.98. The van der Waals surface area contributed by atoms with Gasteiger partial charge >= 0.3 is 0 Å². The lowest BCUT2D eigenvalue weighted by molar-refractivity contribution is 1.18. The van der Waals surface area contributed by atoms with Crippen molar-refractivity contribution in [3.8, 4) is 50.2 Å². The minimum atomic E-state index is 1.08. The standard InChI is InChI=1S/C66H44N2/c1-2-19-54(20-3-1)68-65-27-11-9-23-62(65)63-44-53(35-41-66(63)68)59-22-8-10-26-64(59)67(56-38-32-48(33-39-56)58-24-13-25-60-57-21-7-6-15-47(57)34-40-61(58)60)55-36-30-46(31-37-55)50-17-12-18-51(42-50)52-29-28-45-14-4-5-16-49(45)43-52/h1-44H. The smallest absolute Gasteiger partial charge is 0.0541 e. The van der Waals surface area contributed by atoms with E-state index in [2.05, 4.69) is 276 Å². The lowest BCUT2D eigenvalue weighted by atomic mass is 9.94. The van der Waals surface area contributed by atoms with Crippen molar-refractivity contribution < 1.29 is 0 Å². The molecule has 0 saturated carbocycles. The van der Waals surface area contributed by atoms with E-state index in [4.69, 9.17) is 0 Å². The molecular formula is C66H44N2. The minimum Gasteiger partial charge on any atom is -0.310 e. The van der Waals surface area contributed by atoms with Crippen LogP contribution >= 0.6 is 0 Å². The van der Waals surface area contributed by atoms with Gasteiger partial charge in [0.15, 0.2) is 0 Å². The normalized spacial score (nSPS) is 11.5. The molecule has 13 rings (SSSR count). The number of fused-ring (bicyclic) bond motifs is 7. The van der Waals surface area contributed by atoms with Gasteiger partial charge in [-0.2, -0.15) is 0 Å². The van der Waals surface area contributed by atoms with Crippen molar-refractivity contribution in [1.82, 2.24) is 4.57 Å². The van der Waals surface area contributed by atoms with E-state index in [0.717, 1.165) is 33.9 Å². The maximum Gasteiger partial charge on any atom is 0.0541 e. The van der Waals surface area contributed by atoms with Gasteiger partial charge in [0, 0.05) is 33.4 Å². The number of hydrogen-bond donors (Lipinski definition) is 0. The van der Waals surface area contributed by atoms with E-state index in [9.17, 15) is 0 Å². The van der Waals surface area contributed by atoms with Crippen LogP contribution in [-0.4, -0.2) is 4.57 Å². The van der Waals surface area contributed by atoms with E-state index in [-0.39, 0.29) is 0 Å². The molecule has 2 heteroatoms. The largest absolute Gasteiger partial charge is 0.310 e. The zero-order chi connectivity index (χ0) is 45.0. The second-order valence-electron chi connectivity index (χ2n) is 17.7. The number of para-hydroxylation sites is 3. The molecule has 0 spiro atoms. The van der Waals surface area contributed by atoms with Gasteiger partial charge in [-0.15, -0.1) is 0 Å². The summed E-state index contributed by atoms with van der Waals surface area (Å²) in [5, 5.41) is 10.0. The molecule has 0 fully saturated rings. The predicted octanol–water partition coefficient (Wildman–Crippen LogP) is 18.4. The molecule has 1 heterocycles. The third-order valence-corrected chi connectivity index (χ3v) is 13.8. The van der Waals surface area contributed by atoms with Crippen LogP contribution in [0.2, 0.25) is 0 Å². The highest BCUT2D eigenvalue weighted by Crippen LogP contribution is 2.44. The molecule has 0 aliphatic rings. The minimum absolute atomic E-state index is 1.08. The van der Waals surface area contributed by atoms with Gasteiger partial charge in [0.05, 0.1) is 16.7 Å². The average molecular weight is 865 g/mol. The van der Waals surface area contributed by atoms with Crippen molar-refractivity contribution in [1.29, 1.82) is 0 Å². The fourth-order valence-electron chi connectivity index (χ4n) is 10.5. The first-order chi connectivity index (χ1) is 33.7. The lowest BCUT2D eigenvalue weighted by Gasteiger charge is -2.28. The van der Waals surface area contributed by atoms with Gasteiger partial charge in [0.25, 0.3) is 0 Å². The van der Waals surface area contributed by atoms with Crippen molar-refractivity contribution in [2.45, 2.75) is 0 Å². The summed E-state index contributed by atoms with van der Waals surface area (Å²) in [5.41, 5.74) is 16.3. The van der Waals surface area contributed by atoms with Crippen LogP contribution in [0.3, 0.4) is 0 Å². The molecule has 0 bridgehead atoms. The second kappa shape index (κ2) is 16.5. The molecule has 0 amide bonds. The molecule has 0 atom stereocenters. The molecule has 0 aliphatic heterocycles. The topological polar surface area (TPSA) is 8.17 Å². The molecule has 12 aromatic carbocycles. The lowest BCUT2D eigenvalue weighted by Crippen LogP contribution is -2.11. The summed E-state index contributed by atoms with van der Waals surface area (Å²) in [4.78, 5) is 2.42. The first-order valence-corrected chi connectivity index (χ1v) is 23.4. The molecule has 0 unspecified atom stereocenters. The third-order valence-electron chi connectivity index (χ3n) is 13.8. The molecule has 13 aromatic rings. The average Bonchev–Trinajstić information content (AvgIpc) is 3.75. The molecular weight excluding hydrogens is 821 g/mol. The maximum atomic E-state index is 2.42. The van der Waals surface area contributed by atoms with Crippen LogP contribution in [0, 0.1) is 0 Å². The fourth-order valence-corrected chi connectivity index (χ4v) is 10.5. The summed E-state index contributed by atoms with van der Waals surface area (Å²) in [7, 11) is 0. The first-order valence-electron chi connectivity index (χ1n) is 23.4. The van der Waals surface area contributed by atoms with Crippen LogP contribution < -0.4 is 4.90 Å². The number of anilines is 3. The van der Waals surface area contributed by atoms with Gasteiger partial charge in [-0.3, -0.25) is 0 Å². The summed E-state index contributed by atoms with van der Waals surface area (Å²) in [6.07, 6.45) is 0. The third kappa shape index (κ3) is 6.82. The Morgan fingerprint density at radius 2 is 0.809 bits per heavy atom. The number of aromatic nitrogens is 1. The van der Waals surface area contributed by atoms with Gasteiger partial charge in [0.1, 0.15) is 0 Å². The first kappa shape index (κ1) is 39.4.